The zero-order chi connectivity index (χ0) is 25.1. The van der Waals surface area contributed by atoms with Gasteiger partial charge < -0.3 is 19.5 Å². The summed E-state index contributed by atoms with van der Waals surface area (Å²) in [6, 6.07) is 6.26. The van der Waals surface area contributed by atoms with Crippen LogP contribution >= 0.6 is 0 Å². The quantitative estimate of drug-likeness (QED) is 0.686. The molecule has 4 heterocycles. The molecule has 0 radical (unpaired) electrons. The highest BCUT2D eigenvalue weighted by molar-refractivity contribution is 5.95. The van der Waals surface area contributed by atoms with Crippen molar-refractivity contribution in [2.24, 2.45) is 0 Å². The molecule has 1 atom stereocenters. The third-order valence-corrected chi connectivity index (χ3v) is 8.10. The number of H-pyrrole nitrogens is 1. The lowest BCUT2D eigenvalue weighted by Gasteiger charge is -2.44. The van der Waals surface area contributed by atoms with E-state index in [4.69, 9.17) is 4.74 Å². The number of fused-ring (bicyclic) bond motifs is 3. The highest BCUT2D eigenvalue weighted by atomic mass is 16.5. The molecular formula is C28H36N4O3. The Morgan fingerprint density at radius 2 is 1.89 bits per heavy atom. The molecular weight excluding hydrogens is 440 g/mol. The first kappa shape index (κ1) is 23.5. The number of likely N-dealkylation sites (tertiary alicyclic amines) is 1. The van der Waals surface area contributed by atoms with Gasteiger partial charge in [-0.05, 0) is 63.8 Å². The van der Waals surface area contributed by atoms with Crippen molar-refractivity contribution in [3.8, 4) is 5.75 Å². The van der Waals surface area contributed by atoms with Crippen LogP contribution in [0.25, 0.3) is 0 Å². The van der Waals surface area contributed by atoms with Crippen LogP contribution in [-0.4, -0.2) is 63.9 Å². The number of carbonyl (C=O) groups excluding carboxylic acids is 2. The molecule has 3 aliphatic heterocycles. The lowest BCUT2D eigenvalue weighted by atomic mass is 9.82. The number of aromatic nitrogens is 1. The number of likely N-dealkylation sites (N-methyl/N-ethyl adjacent to an activating group) is 1. The number of ether oxygens (including phenoxy) is 1. The van der Waals surface area contributed by atoms with E-state index in [-0.39, 0.29) is 23.4 Å². The highest BCUT2D eigenvalue weighted by Crippen LogP contribution is 2.48. The molecule has 3 amide bonds. The molecule has 1 N–H and O–H groups in total. The van der Waals surface area contributed by atoms with Crippen molar-refractivity contribution in [2.75, 3.05) is 26.7 Å². The number of aromatic amines is 1. The van der Waals surface area contributed by atoms with Gasteiger partial charge in [-0.25, -0.2) is 4.79 Å². The van der Waals surface area contributed by atoms with E-state index in [2.05, 4.69) is 44.0 Å². The Morgan fingerprint density at radius 3 is 2.49 bits per heavy atom. The van der Waals surface area contributed by atoms with Crippen LogP contribution in [0.15, 0.2) is 30.0 Å². The van der Waals surface area contributed by atoms with E-state index in [1.165, 1.54) is 0 Å². The number of methoxy groups -OCH3 is 1. The lowest BCUT2D eigenvalue weighted by molar-refractivity contribution is 0.0575. The lowest BCUT2D eigenvalue weighted by Crippen LogP contribution is -2.54. The average Bonchev–Trinajstić information content (AvgIpc) is 3.20. The Labute approximate surface area is 207 Å². The van der Waals surface area contributed by atoms with Crippen LogP contribution in [0.2, 0.25) is 0 Å². The number of rotatable bonds is 3. The summed E-state index contributed by atoms with van der Waals surface area (Å²) in [6.07, 6.45) is 3.75. The maximum atomic E-state index is 13.7. The molecule has 1 aromatic carbocycles. The van der Waals surface area contributed by atoms with E-state index >= 15 is 0 Å². The fourth-order valence-electron chi connectivity index (χ4n) is 6.52. The molecule has 5 rings (SSSR count). The van der Waals surface area contributed by atoms with Crippen molar-refractivity contribution < 1.29 is 14.3 Å². The number of allylic oxidation sites excluding steroid dienone is 1. The smallest absolute Gasteiger partial charge is 0.325 e. The van der Waals surface area contributed by atoms with Gasteiger partial charge in [-0.2, -0.15) is 0 Å². The fraction of sp³-hybridized carbons (Fsp3) is 0.500. The Hall–Kier alpha value is -3.22. The number of piperidine rings is 1. The predicted molar refractivity (Wildman–Crippen MR) is 136 cm³/mol. The van der Waals surface area contributed by atoms with Crippen LogP contribution in [-0.2, 0) is 6.54 Å². The van der Waals surface area contributed by atoms with E-state index in [0.717, 1.165) is 57.9 Å². The number of benzene rings is 1. The maximum Gasteiger partial charge on any atom is 0.325 e. The number of hydrogen-bond acceptors (Lipinski definition) is 3. The fourth-order valence-corrected chi connectivity index (χ4v) is 6.52. The monoisotopic (exact) mass is 476 g/mol. The Bertz CT molecular complexity index is 1220. The first-order valence-electron chi connectivity index (χ1n) is 12.6. The number of aryl methyl sites for hydroxylation is 3. The molecule has 0 saturated carbocycles. The van der Waals surface area contributed by atoms with Gasteiger partial charge in [0.1, 0.15) is 5.75 Å². The number of urea groups is 1. The van der Waals surface area contributed by atoms with Crippen molar-refractivity contribution in [2.45, 2.75) is 65.5 Å². The van der Waals surface area contributed by atoms with E-state index < -0.39 is 0 Å². The van der Waals surface area contributed by atoms with Crippen molar-refractivity contribution in [1.82, 2.24) is 19.7 Å². The standard InChI is InChI=1S/C28H36N4O3/c1-7-32-27(34)31-16-21-12-17(2)13-23(35-6)25(21)18(3)14-24(31)28(32)8-10-30(11-9-28)26(33)22-15-19(4)29-20(22)5/h12-15,18,29H,7-11,16H2,1-6H3. The average molecular weight is 477 g/mol. The Kier molecular flexibility index (Phi) is 5.69. The molecule has 1 unspecified atom stereocenters. The summed E-state index contributed by atoms with van der Waals surface area (Å²) in [5.41, 5.74) is 6.80. The minimum atomic E-state index is -0.385. The summed E-state index contributed by atoms with van der Waals surface area (Å²) in [5, 5.41) is 0. The minimum Gasteiger partial charge on any atom is -0.496 e. The van der Waals surface area contributed by atoms with Gasteiger partial charge in [0.2, 0.25) is 0 Å². The molecule has 3 aliphatic rings. The second kappa shape index (κ2) is 8.47. The van der Waals surface area contributed by atoms with E-state index in [9.17, 15) is 9.59 Å². The van der Waals surface area contributed by atoms with E-state index in [0.29, 0.717) is 26.2 Å². The summed E-state index contributed by atoms with van der Waals surface area (Å²) in [6.45, 7) is 12.7. The van der Waals surface area contributed by atoms with Crippen molar-refractivity contribution in [3.05, 3.63) is 63.6 Å². The number of nitrogens with one attached hydrogen (secondary N) is 1. The van der Waals surface area contributed by atoms with Crippen molar-refractivity contribution in [1.29, 1.82) is 0 Å². The molecule has 0 bridgehead atoms. The predicted octanol–water partition coefficient (Wildman–Crippen LogP) is 4.88. The third kappa shape index (κ3) is 3.55. The summed E-state index contributed by atoms with van der Waals surface area (Å²) >= 11 is 0. The van der Waals surface area contributed by atoms with Crippen LogP contribution in [0.1, 0.15) is 71.0 Å². The number of nitrogens with zero attached hydrogens (tertiary/aromatic N) is 3. The van der Waals surface area contributed by atoms with Gasteiger partial charge in [-0.3, -0.25) is 9.69 Å². The van der Waals surface area contributed by atoms with E-state index in [1.807, 2.05) is 34.6 Å². The van der Waals surface area contributed by atoms with Crippen molar-refractivity contribution >= 4 is 11.9 Å². The summed E-state index contributed by atoms with van der Waals surface area (Å²) in [4.78, 5) is 36.2. The normalized spacial score (nSPS) is 21.1. The van der Waals surface area contributed by atoms with E-state index in [1.54, 1.807) is 7.11 Å². The molecule has 2 aromatic rings. The van der Waals surface area contributed by atoms with Gasteiger partial charge in [0.05, 0.1) is 24.8 Å². The first-order chi connectivity index (χ1) is 16.7. The number of amides is 3. The largest absolute Gasteiger partial charge is 0.496 e. The third-order valence-electron chi connectivity index (χ3n) is 8.10. The summed E-state index contributed by atoms with van der Waals surface area (Å²) in [7, 11) is 1.72. The molecule has 35 heavy (non-hydrogen) atoms. The molecule has 7 heteroatoms. The molecule has 0 aliphatic carbocycles. The van der Waals surface area contributed by atoms with Crippen LogP contribution in [0.5, 0.6) is 5.75 Å². The van der Waals surface area contributed by atoms with Gasteiger partial charge >= 0.3 is 6.03 Å². The van der Waals surface area contributed by atoms with Gasteiger partial charge in [-0.15, -0.1) is 0 Å². The summed E-state index contributed by atoms with van der Waals surface area (Å²) in [5.74, 6) is 1.07. The van der Waals surface area contributed by atoms with Crippen LogP contribution < -0.4 is 4.74 Å². The topological polar surface area (TPSA) is 68.9 Å². The zero-order valence-electron chi connectivity index (χ0n) is 21.7. The zero-order valence-corrected chi connectivity index (χ0v) is 21.7. The van der Waals surface area contributed by atoms with Crippen LogP contribution in [0, 0.1) is 20.8 Å². The van der Waals surface area contributed by atoms with Crippen LogP contribution in [0.3, 0.4) is 0 Å². The number of hydrogen-bond donors (Lipinski definition) is 1. The Balaban J connectivity index is 1.49. The van der Waals surface area contributed by atoms with Crippen molar-refractivity contribution in [3.63, 3.8) is 0 Å². The minimum absolute atomic E-state index is 0.0659. The molecule has 186 valence electrons. The molecule has 2 saturated heterocycles. The molecule has 1 aromatic heterocycles. The van der Waals surface area contributed by atoms with Gasteiger partial charge in [0.25, 0.3) is 5.91 Å². The second-order valence-electron chi connectivity index (χ2n) is 10.3. The van der Waals surface area contributed by atoms with Crippen LogP contribution in [0.4, 0.5) is 4.79 Å². The second-order valence-corrected chi connectivity index (χ2v) is 10.3. The van der Waals surface area contributed by atoms with Gasteiger partial charge in [0, 0.05) is 48.2 Å². The first-order valence-corrected chi connectivity index (χ1v) is 12.6. The number of carbonyl (C=O) groups is 2. The Morgan fingerprint density at radius 1 is 1.17 bits per heavy atom. The molecule has 2 fully saturated rings. The van der Waals surface area contributed by atoms with Gasteiger partial charge in [0.15, 0.2) is 0 Å². The maximum absolute atomic E-state index is 13.7. The summed E-state index contributed by atoms with van der Waals surface area (Å²) < 4.78 is 5.75. The molecule has 7 nitrogen and oxygen atoms in total. The highest BCUT2D eigenvalue weighted by Gasteiger charge is 2.55. The van der Waals surface area contributed by atoms with Gasteiger partial charge in [-0.1, -0.05) is 19.1 Å². The SMILES string of the molecule is CCN1C(=O)N2Cc3cc(C)cc(OC)c3C(C)C=C2C12CCN(C(=O)c1cc(C)[nH]c1C)CC2. The molecule has 1 spiro atoms.